The van der Waals surface area contributed by atoms with Crippen LogP contribution in [0.1, 0.15) is 42.1 Å². The molecule has 86 valence electrons. The second-order valence-corrected chi connectivity index (χ2v) is 4.71. The van der Waals surface area contributed by atoms with Gasteiger partial charge in [-0.05, 0) is 45.2 Å². The van der Waals surface area contributed by atoms with Crippen molar-refractivity contribution in [3.63, 3.8) is 0 Å². The normalized spacial score (nSPS) is 20.9. The smallest absolute Gasteiger partial charge is 0.254 e. The van der Waals surface area contributed by atoms with E-state index in [2.05, 4.69) is 6.92 Å². The van der Waals surface area contributed by atoms with E-state index in [4.69, 9.17) is 0 Å². The Morgan fingerprint density at radius 2 is 2.19 bits per heavy atom. The molecule has 0 aromatic heterocycles. The monoisotopic (exact) mass is 217 g/mol. The molecule has 1 heterocycles. The van der Waals surface area contributed by atoms with Gasteiger partial charge < -0.3 is 4.90 Å². The van der Waals surface area contributed by atoms with Gasteiger partial charge in [0.1, 0.15) is 0 Å². The van der Waals surface area contributed by atoms with E-state index in [0.29, 0.717) is 6.04 Å². The molecule has 0 N–H and O–H groups in total. The third kappa shape index (κ3) is 2.26. The molecule has 16 heavy (non-hydrogen) atoms. The lowest BCUT2D eigenvalue weighted by atomic mass is 10.0. The molecule has 1 saturated heterocycles. The lowest BCUT2D eigenvalue weighted by molar-refractivity contribution is 0.0635. The number of nitrogens with zero attached hydrogens (tertiary/aromatic N) is 1. The molecule has 2 heteroatoms. The predicted octanol–water partition coefficient (Wildman–Crippen LogP) is 3.01. The van der Waals surface area contributed by atoms with E-state index < -0.39 is 0 Å². The second kappa shape index (κ2) is 4.69. The van der Waals surface area contributed by atoms with Crippen LogP contribution in [0.5, 0.6) is 0 Å². The standard InChI is InChI=1S/C14H19NO/c1-11-6-5-8-13(10-11)14(16)15-9-4-3-7-12(15)2/h5-6,8,10,12H,3-4,7,9H2,1-2H3/t12-/m1/s1. The summed E-state index contributed by atoms with van der Waals surface area (Å²) in [5, 5.41) is 0. The van der Waals surface area contributed by atoms with Crippen LogP contribution in [-0.4, -0.2) is 23.4 Å². The molecule has 2 nitrogen and oxygen atoms in total. The molecular formula is C14H19NO. The Morgan fingerprint density at radius 3 is 2.88 bits per heavy atom. The van der Waals surface area contributed by atoms with Crippen LogP contribution in [0.4, 0.5) is 0 Å². The van der Waals surface area contributed by atoms with Gasteiger partial charge in [-0.3, -0.25) is 4.79 Å². The average Bonchev–Trinajstić information content (AvgIpc) is 2.29. The fourth-order valence-electron chi connectivity index (χ4n) is 2.34. The number of rotatable bonds is 1. The van der Waals surface area contributed by atoms with Gasteiger partial charge in [0.05, 0.1) is 0 Å². The van der Waals surface area contributed by atoms with Crippen LogP contribution in [0, 0.1) is 6.92 Å². The number of amides is 1. The number of carbonyl (C=O) groups excluding carboxylic acids is 1. The molecule has 0 spiro atoms. The van der Waals surface area contributed by atoms with Crippen molar-refractivity contribution in [1.29, 1.82) is 0 Å². The van der Waals surface area contributed by atoms with Crippen molar-refractivity contribution in [2.45, 2.75) is 39.2 Å². The minimum Gasteiger partial charge on any atom is -0.336 e. The van der Waals surface area contributed by atoms with Gasteiger partial charge in [-0.25, -0.2) is 0 Å². The van der Waals surface area contributed by atoms with Gasteiger partial charge >= 0.3 is 0 Å². The van der Waals surface area contributed by atoms with E-state index in [0.717, 1.165) is 30.5 Å². The number of piperidine rings is 1. The Hall–Kier alpha value is -1.31. The molecule has 1 aliphatic rings. The third-order valence-corrected chi connectivity index (χ3v) is 3.33. The Kier molecular flexibility index (Phi) is 3.28. The van der Waals surface area contributed by atoms with Gasteiger partial charge in [-0.2, -0.15) is 0 Å². The molecule has 1 amide bonds. The summed E-state index contributed by atoms with van der Waals surface area (Å²) in [4.78, 5) is 14.3. The minimum absolute atomic E-state index is 0.191. The zero-order chi connectivity index (χ0) is 11.5. The highest BCUT2D eigenvalue weighted by Gasteiger charge is 2.23. The second-order valence-electron chi connectivity index (χ2n) is 4.71. The van der Waals surface area contributed by atoms with E-state index in [1.807, 2.05) is 36.1 Å². The van der Waals surface area contributed by atoms with E-state index in [9.17, 15) is 4.79 Å². The number of likely N-dealkylation sites (tertiary alicyclic amines) is 1. The third-order valence-electron chi connectivity index (χ3n) is 3.33. The maximum absolute atomic E-state index is 12.3. The zero-order valence-electron chi connectivity index (χ0n) is 10.1. The quantitative estimate of drug-likeness (QED) is 0.708. The summed E-state index contributed by atoms with van der Waals surface area (Å²) in [5.41, 5.74) is 1.98. The summed E-state index contributed by atoms with van der Waals surface area (Å²) in [6, 6.07) is 8.26. The highest BCUT2D eigenvalue weighted by atomic mass is 16.2. The van der Waals surface area contributed by atoms with Crippen molar-refractivity contribution in [3.8, 4) is 0 Å². The van der Waals surface area contributed by atoms with Crippen LogP contribution in [0.2, 0.25) is 0 Å². The van der Waals surface area contributed by atoms with E-state index in [1.54, 1.807) is 0 Å². The van der Waals surface area contributed by atoms with Gasteiger partial charge in [-0.15, -0.1) is 0 Å². The van der Waals surface area contributed by atoms with Crippen molar-refractivity contribution in [3.05, 3.63) is 35.4 Å². The van der Waals surface area contributed by atoms with Gasteiger partial charge in [0.25, 0.3) is 5.91 Å². The summed E-state index contributed by atoms with van der Waals surface area (Å²) in [7, 11) is 0. The first-order valence-electron chi connectivity index (χ1n) is 6.06. The van der Waals surface area contributed by atoms with Gasteiger partial charge in [0.15, 0.2) is 0 Å². The molecule has 0 bridgehead atoms. The molecule has 1 fully saturated rings. The van der Waals surface area contributed by atoms with E-state index in [1.165, 1.54) is 6.42 Å². The van der Waals surface area contributed by atoms with Gasteiger partial charge in [0.2, 0.25) is 0 Å². The summed E-state index contributed by atoms with van der Waals surface area (Å²) >= 11 is 0. The van der Waals surface area contributed by atoms with Crippen molar-refractivity contribution < 1.29 is 4.79 Å². The highest BCUT2D eigenvalue weighted by molar-refractivity contribution is 5.94. The predicted molar refractivity (Wildman–Crippen MR) is 65.5 cm³/mol. The van der Waals surface area contributed by atoms with Gasteiger partial charge in [0, 0.05) is 18.2 Å². The SMILES string of the molecule is Cc1cccc(C(=O)N2CCCC[C@H]2C)c1. The van der Waals surface area contributed by atoms with E-state index in [-0.39, 0.29) is 5.91 Å². The van der Waals surface area contributed by atoms with Crippen LogP contribution in [0.15, 0.2) is 24.3 Å². The maximum atomic E-state index is 12.3. The molecule has 0 radical (unpaired) electrons. The molecular weight excluding hydrogens is 198 g/mol. The molecule has 1 aliphatic heterocycles. The number of aryl methyl sites for hydroxylation is 1. The first kappa shape index (κ1) is 11.2. The summed E-state index contributed by atoms with van der Waals surface area (Å²) in [5.74, 6) is 0.191. The van der Waals surface area contributed by atoms with Crippen molar-refractivity contribution in [2.24, 2.45) is 0 Å². The topological polar surface area (TPSA) is 20.3 Å². The fraction of sp³-hybridized carbons (Fsp3) is 0.500. The first-order valence-corrected chi connectivity index (χ1v) is 6.06. The highest BCUT2D eigenvalue weighted by Crippen LogP contribution is 2.19. The minimum atomic E-state index is 0.191. The zero-order valence-corrected chi connectivity index (χ0v) is 10.1. The van der Waals surface area contributed by atoms with Crippen molar-refractivity contribution in [2.75, 3.05) is 6.54 Å². The van der Waals surface area contributed by atoms with Gasteiger partial charge in [-0.1, -0.05) is 17.7 Å². The Labute approximate surface area is 97.3 Å². The lowest BCUT2D eigenvalue weighted by Gasteiger charge is -2.33. The van der Waals surface area contributed by atoms with Crippen LogP contribution >= 0.6 is 0 Å². The summed E-state index contributed by atoms with van der Waals surface area (Å²) in [6.45, 7) is 5.08. The average molecular weight is 217 g/mol. The largest absolute Gasteiger partial charge is 0.336 e. The molecule has 1 aromatic carbocycles. The van der Waals surface area contributed by atoms with Crippen molar-refractivity contribution >= 4 is 5.91 Å². The van der Waals surface area contributed by atoms with E-state index >= 15 is 0 Å². The fourth-order valence-corrected chi connectivity index (χ4v) is 2.34. The molecule has 2 rings (SSSR count). The van der Waals surface area contributed by atoms with Crippen LogP contribution in [0.3, 0.4) is 0 Å². The Morgan fingerprint density at radius 1 is 1.38 bits per heavy atom. The van der Waals surface area contributed by atoms with Crippen LogP contribution in [-0.2, 0) is 0 Å². The molecule has 1 atom stereocenters. The summed E-state index contributed by atoms with van der Waals surface area (Å²) < 4.78 is 0. The molecule has 0 aliphatic carbocycles. The molecule has 1 aromatic rings. The van der Waals surface area contributed by atoms with Crippen molar-refractivity contribution in [1.82, 2.24) is 4.90 Å². The number of carbonyl (C=O) groups is 1. The first-order chi connectivity index (χ1) is 7.68. The number of benzene rings is 1. The number of hydrogen-bond donors (Lipinski definition) is 0. The Balaban J connectivity index is 2.17. The lowest BCUT2D eigenvalue weighted by Crippen LogP contribution is -2.42. The molecule has 0 saturated carbocycles. The van der Waals surface area contributed by atoms with Crippen LogP contribution in [0.25, 0.3) is 0 Å². The molecule has 0 unspecified atom stereocenters. The number of hydrogen-bond acceptors (Lipinski definition) is 1. The summed E-state index contributed by atoms with van der Waals surface area (Å²) in [6.07, 6.45) is 3.53. The maximum Gasteiger partial charge on any atom is 0.254 e. The Bertz CT molecular complexity index is 386. The van der Waals surface area contributed by atoms with Crippen LogP contribution < -0.4 is 0 Å².